The van der Waals surface area contributed by atoms with Crippen LogP contribution < -0.4 is 22.7 Å². The van der Waals surface area contributed by atoms with Crippen LogP contribution in [0.3, 0.4) is 0 Å². The number of ether oxygens (including phenoxy) is 1. The molecule has 1 atom stereocenters. The molecule has 0 spiro atoms. The van der Waals surface area contributed by atoms with Gasteiger partial charge in [0.1, 0.15) is 6.61 Å². The Morgan fingerprint density at radius 3 is 2.31 bits per heavy atom. The van der Waals surface area contributed by atoms with Crippen LogP contribution in [0.25, 0.3) is 0 Å². The largest absolute Gasteiger partial charge is 1.00 e. The third-order valence-corrected chi connectivity index (χ3v) is 1.72. The van der Waals surface area contributed by atoms with Crippen LogP contribution in [0.4, 0.5) is 0 Å². The molecule has 0 aliphatic rings. The van der Waals surface area contributed by atoms with Crippen LogP contribution in [0.15, 0.2) is 0 Å². The summed E-state index contributed by atoms with van der Waals surface area (Å²) in [5, 5.41) is 6.85. The molecule has 0 amide bonds. The highest BCUT2D eigenvalue weighted by molar-refractivity contribution is 9.09. The van der Waals surface area contributed by atoms with E-state index in [1.807, 2.05) is 0 Å². The predicted molar refractivity (Wildman–Crippen MR) is 53.5 cm³/mol. The van der Waals surface area contributed by atoms with E-state index in [1.54, 1.807) is 0 Å². The van der Waals surface area contributed by atoms with Crippen molar-refractivity contribution in [3.05, 3.63) is 0 Å². The summed E-state index contributed by atoms with van der Waals surface area (Å²) in [6, 6.07) is -0.221. The number of alkyl halides is 1. The molecule has 0 aromatic heterocycles. The van der Waals surface area contributed by atoms with Gasteiger partial charge in [0.05, 0.1) is 32.5 Å². The molecule has 13 heavy (non-hydrogen) atoms. The molecule has 0 bridgehead atoms. The first-order valence-corrected chi connectivity index (χ1v) is 4.64. The molecule has 4 nitrogen and oxygen atoms in total. The number of quaternary nitrogens is 1. The normalized spacial score (nSPS) is 12.9. The minimum absolute atomic E-state index is 0. The summed E-state index contributed by atoms with van der Waals surface area (Å²) in [5.41, 5.74) is 5.04. The Balaban J connectivity index is 0. The van der Waals surface area contributed by atoms with Crippen molar-refractivity contribution in [2.24, 2.45) is 5.73 Å². The van der Waals surface area contributed by atoms with E-state index in [2.05, 4.69) is 37.1 Å². The summed E-state index contributed by atoms with van der Waals surface area (Å²) in [7, 11) is 6.30. The van der Waals surface area contributed by atoms with Crippen LogP contribution in [0.2, 0.25) is 0 Å². The van der Waals surface area contributed by atoms with Gasteiger partial charge in [0.15, 0.2) is 0 Å². The lowest BCUT2D eigenvalue weighted by Gasteiger charge is -2.26. The number of nitrogens with one attached hydrogen (secondary N) is 1. The molecule has 0 heterocycles. The lowest BCUT2D eigenvalue weighted by Crippen LogP contribution is -3.00. The van der Waals surface area contributed by atoms with E-state index in [0.29, 0.717) is 6.61 Å². The SMILES string of the molecule is C[N+](C)(C)CC(Br)COC(=N)N.[Br-]. The lowest BCUT2D eigenvalue weighted by molar-refractivity contribution is -0.869. The highest BCUT2D eigenvalue weighted by atomic mass is 79.9. The zero-order valence-corrected chi connectivity index (χ0v) is 11.4. The second-order valence-corrected chi connectivity index (χ2v) is 5.04. The van der Waals surface area contributed by atoms with Crippen molar-refractivity contribution in [1.29, 1.82) is 5.41 Å². The van der Waals surface area contributed by atoms with Gasteiger partial charge in [0.2, 0.25) is 0 Å². The van der Waals surface area contributed by atoms with E-state index in [0.717, 1.165) is 11.0 Å². The van der Waals surface area contributed by atoms with E-state index in [-0.39, 0.29) is 27.8 Å². The Morgan fingerprint density at radius 1 is 1.54 bits per heavy atom. The average molecular weight is 319 g/mol. The first-order chi connectivity index (χ1) is 5.31. The monoisotopic (exact) mass is 317 g/mol. The Bertz CT molecular complexity index is 158. The molecule has 0 saturated heterocycles. The number of amidine groups is 1. The van der Waals surface area contributed by atoms with E-state index in [1.165, 1.54) is 0 Å². The molecule has 0 aliphatic carbocycles. The lowest BCUT2D eigenvalue weighted by atomic mass is 10.4. The Labute approximate surface area is 98.4 Å². The van der Waals surface area contributed by atoms with Gasteiger partial charge in [-0.25, -0.2) is 0 Å². The fourth-order valence-electron chi connectivity index (χ4n) is 0.827. The fourth-order valence-corrected chi connectivity index (χ4v) is 1.83. The predicted octanol–water partition coefficient (Wildman–Crippen LogP) is -2.63. The number of nitrogens with two attached hydrogens (primary N) is 1. The van der Waals surface area contributed by atoms with Crippen molar-refractivity contribution in [1.82, 2.24) is 0 Å². The van der Waals surface area contributed by atoms with Gasteiger partial charge in [-0.15, -0.1) is 0 Å². The van der Waals surface area contributed by atoms with Crippen molar-refractivity contribution in [2.45, 2.75) is 4.83 Å². The smallest absolute Gasteiger partial charge is 0.279 e. The molecule has 0 fully saturated rings. The zero-order valence-electron chi connectivity index (χ0n) is 8.18. The topological polar surface area (TPSA) is 59.1 Å². The molecule has 3 N–H and O–H groups in total. The summed E-state index contributed by atoms with van der Waals surface area (Å²) in [6.07, 6.45) is 0. The van der Waals surface area contributed by atoms with Crippen LogP contribution in [0.5, 0.6) is 0 Å². The van der Waals surface area contributed by atoms with Crippen molar-refractivity contribution >= 4 is 22.0 Å². The zero-order chi connectivity index (χ0) is 9.78. The van der Waals surface area contributed by atoms with E-state index in [4.69, 9.17) is 15.9 Å². The molecular weight excluding hydrogens is 302 g/mol. The third-order valence-electron chi connectivity index (χ3n) is 1.17. The van der Waals surface area contributed by atoms with E-state index in [9.17, 15) is 0 Å². The number of halogens is 2. The molecule has 0 aromatic rings. The van der Waals surface area contributed by atoms with E-state index < -0.39 is 0 Å². The molecule has 1 unspecified atom stereocenters. The van der Waals surface area contributed by atoms with Gasteiger partial charge in [-0.05, 0) is 0 Å². The molecule has 0 aromatic carbocycles. The maximum atomic E-state index is 6.85. The first kappa shape index (κ1) is 15.7. The number of hydrogen-bond acceptors (Lipinski definition) is 2. The third kappa shape index (κ3) is 12.2. The maximum Gasteiger partial charge on any atom is 0.279 e. The molecule has 6 heteroatoms. The average Bonchev–Trinajstić information content (AvgIpc) is 1.79. The van der Waals surface area contributed by atoms with Crippen LogP contribution in [-0.4, -0.2) is 49.6 Å². The number of rotatable bonds is 4. The quantitative estimate of drug-likeness (QED) is 0.258. The number of nitrogens with zero attached hydrogens (tertiary/aromatic N) is 1. The molecule has 0 radical (unpaired) electrons. The van der Waals surface area contributed by atoms with Crippen LogP contribution in [0.1, 0.15) is 0 Å². The van der Waals surface area contributed by atoms with Gasteiger partial charge in [-0.1, -0.05) is 15.9 Å². The summed E-state index contributed by atoms with van der Waals surface area (Å²) in [5.74, 6) is 0. The van der Waals surface area contributed by atoms with Gasteiger partial charge in [0, 0.05) is 0 Å². The first-order valence-electron chi connectivity index (χ1n) is 3.72. The molecule has 0 aliphatic heterocycles. The molecule has 0 rings (SSSR count). The summed E-state index contributed by atoms with van der Waals surface area (Å²) >= 11 is 3.45. The van der Waals surface area contributed by atoms with Gasteiger partial charge in [-0.2, -0.15) is 0 Å². The van der Waals surface area contributed by atoms with Gasteiger partial charge in [0.25, 0.3) is 6.02 Å². The minimum Gasteiger partial charge on any atom is -1.00 e. The number of hydrogen-bond donors (Lipinski definition) is 2. The fraction of sp³-hybridized carbons (Fsp3) is 0.857. The van der Waals surface area contributed by atoms with Gasteiger partial charge >= 0.3 is 0 Å². The summed E-state index contributed by atoms with van der Waals surface area (Å²) < 4.78 is 5.71. The van der Waals surface area contributed by atoms with E-state index >= 15 is 0 Å². The highest BCUT2D eigenvalue weighted by Crippen LogP contribution is 2.05. The van der Waals surface area contributed by atoms with Crippen LogP contribution in [0, 0.1) is 5.41 Å². The highest BCUT2D eigenvalue weighted by Gasteiger charge is 2.15. The second kappa shape index (κ2) is 6.62. The van der Waals surface area contributed by atoms with Crippen LogP contribution >= 0.6 is 15.9 Å². The van der Waals surface area contributed by atoms with Crippen molar-refractivity contribution in [3.8, 4) is 0 Å². The van der Waals surface area contributed by atoms with Crippen molar-refractivity contribution in [3.63, 3.8) is 0 Å². The molecule has 0 saturated carbocycles. The summed E-state index contributed by atoms with van der Waals surface area (Å²) in [6.45, 7) is 1.39. The summed E-state index contributed by atoms with van der Waals surface area (Å²) in [4.78, 5) is 0.237. The molecule has 80 valence electrons. The van der Waals surface area contributed by atoms with Gasteiger partial charge < -0.3 is 31.9 Å². The van der Waals surface area contributed by atoms with Crippen molar-refractivity contribution in [2.75, 3.05) is 34.3 Å². The maximum absolute atomic E-state index is 6.85. The minimum atomic E-state index is -0.221. The standard InChI is InChI=1S/C7H17BrN3O.BrH/c1-11(2,3)4-6(8)5-12-7(9)10;/h6H,4-5H2,1-3H3,(H3,9,10);1H/q+1;/p-1. The van der Waals surface area contributed by atoms with Crippen molar-refractivity contribution < 1.29 is 26.2 Å². The van der Waals surface area contributed by atoms with Gasteiger partial charge in [-0.3, -0.25) is 5.41 Å². The Hall–Kier alpha value is 0.190. The Morgan fingerprint density at radius 2 is 2.00 bits per heavy atom. The second-order valence-electron chi connectivity index (χ2n) is 3.75. The molecular formula is C7H17Br2N3O. The Kier molecular flexibility index (Phi) is 7.97. The van der Waals surface area contributed by atoms with Crippen LogP contribution in [-0.2, 0) is 4.74 Å².